The summed E-state index contributed by atoms with van der Waals surface area (Å²) in [5.74, 6) is 2.39. The topological polar surface area (TPSA) is 84.0 Å². The molecule has 4 saturated carbocycles. The van der Waals surface area contributed by atoms with Crippen molar-refractivity contribution in [2.45, 2.75) is 51.5 Å². The summed E-state index contributed by atoms with van der Waals surface area (Å²) in [6.07, 6.45) is 10.9. The van der Waals surface area contributed by atoms with E-state index in [0.717, 1.165) is 53.3 Å². The zero-order valence-electron chi connectivity index (χ0n) is 17.1. The number of aromatic nitrogens is 2. The molecule has 6 rings (SSSR count). The molecular formula is C23H28N4O2S. The van der Waals surface area contributed by atoms with Crippen LogP contribution in [0.2, 0.25) is 0 Å². The number of rotatable bonds is 7. The predicted octanol–water partition coefficient (Wildman–Crippen LogP) is 3.54. The monoisotopic (exact) mass is 424 g/mol. The van der Waals surface area contributed by atoms with E-state index in [1.807, 2.05) is 17.5 Å². The Morgan fingerprint density at radius 3 is 2.37 bits per heavy atom. The summed E-state index contributed by atoms with van der Waals surface area (Å²) in [7, 11) is 0. The molecule has 0 aliphatic heterocycles. The third kappa shape index (κ3) is 4.00. The lowest BCUT2D eigenvalue weighted by atomic mass is 9.49. The molecule has 30 heavy (non-hydrogen) atoms. The second kappa shape index (κ2) is 8.10. The SMILES string of the molecule is O=C(CCNC(=O)C12CC3CC(CC(C3)C1)C2)NCc1nc(-c2ccncc2)cs1. The zero-order chi connectivity index (χ0) is 20.6. The number of amides is 2. The fourth-order valence-electron chi connectivity index (χ4n) is 6.18. The number of nitrogens with one attached hydrogen (secondary N) is 2. The molecule has 0 aromatic carbocycles. The van der Waals surface area contributed by atoms with Crippen LogP contribution in [0.3, 0.4) is 0 Å². The summed E-state index contributed by atoms with van der Waals surface area (Å²) in [5.41, 5.74) is 1.77. The highest BCUT2D eigenvalue weighted by Crippen LogP contribution is 2.60. The highest BCUT2D eigenvalue weighted by atomic mass is 32.1. The fourth-order valence-corrected chi connectivity index (χ4v) is 6.92. The van der Waals surface area contributed by atoms with Crippen molar-refractivity contribution < 1.29 is 9.59 Å². The largest absolute Gasteiger partial charge is 0.355 e. The predicted molar refractivity (Wildman–Crippen MR) is 115 cm³/mol. The molecule has 0 atom stereocenters. The van der Waals surface area contributed by atoms with Crippen LogP contribution in [-0.2, 0) is 16.1 Å². The van der Waals surface area contributed by atoms with E-state index in [1.54, 1.807) is 12.4 Å². The Morgan fingerprint density at radius 2 is 1.70 bits per heavy atom. The van der Waals surface area contributed by atoms with Gasteiger partial charge in [-0.2, -0.15) is 0 Å². The van der Waals surface area contributed by atoms with Crippen LogP contribution in [0.5, 0.6) is 0 Å². The molecule has 4 aliphatic rings. The van der Waals surface area contributed by atoms with E-state index in [-0.39, 0.29) is 17.2 Å². The van der Waals surface area contributed by atoms with Crippen LogP contribution in [0.1, 0.15) is 50.0 Å². The summed E-state index contributed by atoms with van der Waals surface area (Å²) < 4.78 is 0. The molecule has 7 heteroatoms. The lowest BCUT2D eigenvalue weighted by Gasteiger charge is -2.55. The minimum atomic E-state index is -0.143. The number of thiazole rings is 1. The fraction of sp³-hybridized carbons (Fsp3) is 0.565. The Labute approximate surface area is 180 Å². The van der Waals surface area contributed by atoms with Gasteiger partial charge in [-0.25, -0.2) is 4.98 Å². The highest BCUT2D eigenvalue weighted by molar-refractivity contribution is 7.09. The standard InChI is InChI=1S/C23H28N4O2S/c28-20(26-13-21-27-19(14-30-21)18-1-4-24-5-2-18)3-6-25-22(29)23-10-15-7-16(11-23)9-17(8-15)12-23/h1-2,4-5,14-17H,3,6-13H2,(H,25,29)(H,26,28). The third-order valence-corrected chi connectivity index (χ3v) is 7.97. The van der Waals surface area contributed by atoms with Gasteiger partial charge in [-0.05, 0) is 68.4 Å². The second-order valence-electron chi connectivity index (χ2n) is 9.34. The molecule has 0 spiro atoms. The van der Waals surface area contributed by atoms with E-state index in [2.05, 4.69) is 20.6 Å². The average Bonchev–Trinajstić information content (AvgIpc) is 3.21. The summed E-state index contributed by atoms with van der Waals surface area (Å²) >= 11 is 1.53. The van der Waals surface area contributed by atoms with E-state index in [1.165, 1.54) is 30.6 Å². The molecule has 4 aliphatic carbocycles. The molecule has 0 radical (unpaired) electrons. The molecule has 2 aromatic rings. The Hall–Kier alpha value is -2.28. The number of pyridine rings is 1. The molecule has 6 nitrogen and oxygen atoms in total. The molecule has 4 bridgehead atoms. The lowest BCUT2D eigenvalue weighted by Crippen LogP contribution is -2.53. The quantitative estimate of drug-likeness (QED) is 0.712. The first-order valence-corrected chi connectivity index (χ1v) is 11.9. The molecule has 2 amide bonds. The maximum absolute atomic E-state index is 12.9. The van der Waals surface area contributed by atoms with E-state index in [0.29, 0.717) is 19.5 Å². The lowest BCUT2D eigenvalue weighted by molar-refractivity contribution is -0.146. The van der Waals surface area contributed by atoms with Crippen molar-refractivity contribution in [3.63, 3.8) is 0 Å². The van der Waals surface area contributed by atoms with Gasteiger partial charge in [0, 0.05) is 41.7 Å². The van der Waals surface area contributed by atoms with Crippen LogP contribution in [0.15, 0.2) is 29.9 Å². The van der Waals surface area contributed by atoms with Crippen LogP contribution in [-0.4, -0.2) is 28.3 Å². The van der Waals surface area contributed by atoms with Gasteiger partial charge in [-0.1, -0.05) is 0 Å². The van der Waals surface area contributed by atoms with Crippen LogP contribution in [0, 0.1) is 23.2 Å². The average molecular weight is 425 g/mol. The van der Waals surface area contributed by atoms with Crippen molar-refractivity contribution in [3.8, 4) is 11.3 Å². The van der Waals surface area contributed by atoms with E-state index >= 15 is 0 Å². The van der Waals surface area contributed by atoms with Crippen molar-refractivity contribution in [3.05, 3.63) is 34.9 Å². The van der Waals surface area contributed by atoms with Gasteiger partial charge in [0.1, 0.15) is 5.01 Å². The minimum absolute atomic E-state index is 0.0542. The van der Waals surface area contributed by atoms with Gasteiger partial charge in [0.2, 0.25) is 11.8 Å². The Kier molecular flexibility index (Phi) is 5.31. The highest BCUT2D eigenvalue weighted by Gasteiger charge is 2.54. The molecular weight excluding hydrogens is 396 g/mol. The van der Waals surface area contributed by atoms with Crippen LogP contribution in [0.25, 0.3) is 11.3 Å². The van der Waals surface area contributed by atoms with E-state index < -0.39 is 0 Å². The molecule has 0 saturated heterocycles. The maximum atomic E-state index is 12.9. The van der Waals surface area contributed by atoms with Gasteiger partial charge < -0.3 is 10.6 Å². The first-order chi connectivity index (χ1) is 14.6. The summed E-state index contributed by atoms with van der Waals surface area (Å²) in [5, 5.41) is 8.85. The maximum Gasteiger partial charge on any atom is 0.226 e. The molecule has 158 valence electrons. The number of carbonyl (C=O) groups is 2. The number of carbonyl (C=O) groups excluding carboxylic acids is 2. The molecule has 2 aromatic heterocycles. The smallest absolute Gasteiger partial charge is 0.226 e. The Morgan fingerprint density at radius 1 is 1.03 bits per heavy atom. The number of hydrogen-bond acceptors (Lipinski definition) is 5. The first-order valence-electron chi connectivity index (χ1n) is 11.0. The molecule has 4 fully saturated rings. The van der Waals surface area contributed by atoms with Gasteiger partial charge in [-0.3, -0.25) is 14.6 Å². The van der Waals surface area contributed by atoms with Crippen LogP contribution >= 0.6 is 11.3 Å². The van der Waals surface area contributed by atoms with Gasteiger partial charge in [0.05, 0.1) is 12.2 Å². The van der Waals surface area contributed by atoms with E-state index in [4.69, 9.17) is 0 Å². The minimum Gasteiger partial charge on any atom is -0.355 e. The van der Waals surface area contributed by atoms with Crippen LogP contribution in [0.4, 0.5) is 0 Å². The van der Waals surface area contributed by atoms with Gasteiger partial charge >= 0.3 is 0 Å². The molecule has 2 heterocycles. The Balaban J connectivity index is 1.07. The number of nitrogens with zero attached hydrogens (tertiary/aromatic N) is 2. The second-order valence-corrected chi connectivity index (χ2v) is 10.3. The van der Waals surface area contributed by atoms with Gasteiger partial charge in [0.15, 0.2) is 0 Å². The first kappa shape index (κ1) is 19.7. The van der Waals surface area contributed by atoms with Gasteiger partial charge in [-0.15, -0.1) is 11.3 Å². The zero-order valence-corrected chi connectivity index (χ0v) is 17.9. The number of hydrogen-bond donors (Lipinski definition) is 2. The normalized spacial score (nSPS) is 29.0. The van der Waals surface area contributed by atoms with Crippen molar-refractivity contribution >= 4 is 23.2 Å². The van der Waals surface area contributed by atoms with Crippen molar-refractivity contribution in [2.24, 2.45) is 23.2 Å². The summed E-state index contributed by atoms with van der Waals surface area (Å²) in [6, 6.07) is 3.84. The molecule has 2 N–H and O–H groups in total. The summed E-state index contributed by atoms with van der Waals surface area (Å²) in [6.45, 7) is 0.823. The van der Waals surface area contributed by atoms with Crippen LogP contribution < -0.4 is 10.6 Å². The van der Waals surface area contributed by atoms with E-state index in [9.17, 15) is 9.59 Å². The van der Waals surface area contributed by atoms with Gasteiger partial charge in [0.25, 0.3) is 0 Å². The van der Waals surface area contributed by atoms with Crippen molar-refractivity contribution in [2.75, 3.05) is 6.54 Å². The molecule has 0 unspecified atom stereocenters. The third-order valence-electron chi connectivity index (χ3n) is 7.12. The Bertz CT molecular complexity index is 891. The summed E-state index contributed by atoms with van der Waals surface area (Å²) in [4.78, 5) is 33.8. The van der Waals surface area contributed by atoms with Crippen molar-refractivity contribution in [1.29, 1.82) is 0 Å². The van der Waals surface area contributed by atoms with Crippen molar-refractivity contribution in [1.82, 2.24) is 20.6 Å².